The third-order valence-electron chi connectivity index (χ3n) is 3.54. The van der Waals surface area contributed by atoms with Crippen molar-refractivity contribution in [2.45, 2.75) is 45.7 Å². The van der Waals surface area contributed by atoms with Gasteiger partial charge in [0.05, 0.1) is 0 Å². The molecule has 3 heteroatoms. The molecule has 0 N–H and O–H groups in total. The number of fused-ring (bicyclic) bond motifs is 2. The van der Waals surface area contributed by atoms with E-state index in [0.717, 1.165) is 13.1 Å². The first-order valence-corrected chi connectivity index (χ1v) is 5.91. The highest BCUT2D eigenvalue weighted by Gasteiger charge is 2.44. The van der Waals surface area contributed by atoms with E-state index in [1.807, 2.05) is 20.8 Å². The minimum atomic E-state index is -0.225. The predicted octanol–water partition coefficient (Wildman–Crippen LogP) is 1.34. The van der Waals surface area contributed by atoms with Crippen LogP contribution < -0.4 is 0 Å². The van der Waals surface area contributed by atoms with Crippen molar-refractivity contribution in [2.75, 3.05) is 20.1 Å². The summed E-state index contributed by atoms with van der Waals surface area (Å²) in [5.41, 5.74) is -0.225. The lowest BCUT2D eigenvalue weighted by atomic mass is 9.93. The molecule has 2 saturated heterocycles. The molecule has 1 amide bonds. The van der Waals surface area contributed by atoms with E-state index in [0.29, 0.717) is 18.0 Å². The number of hydrogen-bond acceptors (Lipinski definition) is 2. The topological polar surface area (TPSA) is 23.6 Å². The SMILES string of the molecule is CN1CC2CCC(C1)N2C(=O)C(C)(C)C. The largest absolute Gasteiger partial charge is 0.334 e. The Hall–Kier alpha value is -0.570. The summed E-state index contributed by atoms with van der Waals surface area (Å²) in [6.07, 6.45) is 2.38. The molecule has 2 heterocycles. The highest BCUT2D eigenvalue weighted by molar-refractivity contribution is 5.82. The summed E-state index contributed by atoms with van der Waals surface area (Å²) in [6, 6.07) is 0.945. The van der Waals surface area contributed by atoms with Crippen molar-refractivity contribution >= 4 is 5.91 Å². The molecular weight excluding hydrogens is 188 g/mol. The van der Waals surface area contributed by atoms with Gasteiger partial charge in [-0.3, -0.25) is 4.79 Å². The predicted molar refractivity (Wildman–Crippen MR) is 60.6 cm³/mol. The number of amides is 1. The van der Waals surface area contributed by atoms with Crippen molar-refractivity contribution in [3.05, 3.63) is 0 Å². The van der Waals surface area contributed by atoms with Crippen LogP contribution in [0.25, 0.3) is 0 Å². The van der Waals surface area contributed by atoms with Crippen LogP contribution in [0.1, 0.15) is 33.6 Å². The van der Waals surface area contributed by atoms with Crippen LogP contribution in [0.5, 0.6) is 0 Å². The fourth-order valence-corrected chi connectivity index (χ4v) is 2.83. The van der Waals surface area contributed by atoms with E-state index in [1.165, 1.54) is 12.8 Å². The van der Waals surface area contributed by atoms with Crippen LogP contribution in [0.4, 0.5) is 0 Å². The number of piperazine rings is 1. The molecule has 2 bridgehead atoms. The molecule has 2 aliphatic rings. The summed E-state index contributed by atoms with van der Waals surface area (Å²) in [5, 5.41) is 0. The Labute approximate surface area is 92.4 Å². The van der Waals surface area contributed by atoms with Gasteiger partial charge in [0.1, 0.15) is 0 Å². The minimum absolute atomic E-state index is 0.225. The average Bonchev–Trinajstić information content (AvgIpc) is 2.35. The third-order valence-corrected chi connectivity index (χ3v) is 3.54. The molecule has 0 aromatic rings. The van der Waals surface area contributed by atoms with Crippen LogP contribution in [0.3, 0.4) is 0 Å². The first kappa shape index (κ1) is 10.9. The Morgan fingerprint density at radius 2 is 1.60 bits per heavy atom. The molecule has 0 aliphatic carbocycles. The summed E-state index contributed by atoms with van der Waals surface area (Å²) < 4.78 is 0. The Kier molecular flexibility index (Phi) is 2.53. The average molecular weight is 210 g/mol. The fraction of sp³-hybridized carbons (Fsp3) is 0.917. The summed E-state index contributed by atoms with van der Waals surface area (Å²) in [7, 11) is 2.16. The number of carbonyl (C=O) groups excluding carboxylic acids is 1. The van der Waals surface area contributed by atoms with Gasteiger partial charge in [-0.1, -0.05) is 20.8 Å². The van der Waals surface area contributed by atoms with Crippen LogP contribution in [0.2, 0.25) is 0 Å². The number of hydrogen-bond donors (Lipinski definition) is 0. The van der Waals surface area contributed by atoms with E-state index in [9.17, 15) is 4.79 Å². The van der Waals surface area contributed by atoms with Crippen molar-refractivity contribution in [3.8, 4) is 0 Å². The molecule has 0 aromatic carbocycles. The lowest BCUT2D eigenvalue weighted by molar-refractivity contribution is -0.145. The van der Waals surface area contributed by atoms with E-state index < -0.39 is 0 Å². The molecule has 3 nitrogen and oxygen atoms in total. The quantitative estimate of drug-likeness (QED) is 0.602. The smallest absolute Gasteiger partial charge is 0.228 e. The number of carbonyl (C=O) groups is 1. The molecule has 2 fully saturated rings. The molecular formula is C12H22N2O. The molecule has 0 radical (unpaired) electrons. The molecule has 2 rings (SSSR count). The second-order valence-corrected chi connectivity index (χ2v) is 6.07. The summed E-state index contributed by atoms with van der Waals surface area (Å²) in [5.74, 6) is 0.336. The second-order valence-electron chi connectivity index (χ2n) is 6.07. The molecule has 0 aromatic heterocycles. The van der Waals surface area contributed by atoms with Crippen LogP contribution >= 0.6 is 0 Å². The first-order chi connectivity index (χ1) is 6.89. The van der Waals surface area contributed by atoms with Crippen molar-refractivity contribution in [2.24, 2.45) is 5.41 Å². The molecule has 0 spiro atoms. The van der Waals surface area contributed by atoms with Crippen molar-refractivity contribution in [1.82, 2.24) is 9.80 Å². The number of nitrogens with zero attached hydrogens (tertiary/aromatic N) is 2. The molecule has 0 saturated carbocycles. The number of rotatable bonds is 0. The molecule has 15 heavy (non-hydrogen) atoms. The van der Waals surface area contributed by atoms with Gasteiger partial charge in [0, 0.05) is 30.6 Å². The zero-order valence-corrected chi connectivity index (χ0v) is 10.3. The van der Waals surface area contributed by atoms with Crippen LogP contribution in [0, 0.1) is 5.41 Å². The summed E-state index contributed by atoms with van der Waals surface area (Å²) >= 11 is 0. The normalized spacial score (nSPS) is 32.1. The van der Waals surface area contributed by atoms with Gasteiger partial charge in [-0.15, -0.1) is 0 Å². The molecule has 2 aliphatic heterocycles. The van der Waals surface area contributed by atoms with Gasteiger partial charge in [0.15, 0.2) is 0 Å². The lowest BCUT2D eigenvalue weighted by Crippen LogP contribution is -2.57. The van der Waals surface area contributed by atoms with Crippen molar-refractivity contribution in [1.29, 1.82) is 0 Å². The van der Waals surface area contributed by atoms with E-state index in [2.05, 4.69) is 16.8 Å². The second kappa shape index (κ2) is 3.48. The number of likely N-dealkylation sites (tertiary alicyclic amines) is 1. The molecule has 2 unspecified atom stereocenters. The Balaban J connectivity index is 2.15. The van der Waals surface area contributed by atoms with Gasteiger partial charge in [-0.2, -0.15) is 0 Å². The van der Waals surface area contributed by atoms with Crippen LogP contribution in [-0.4, -0.2) is 47.9 Å². The van der Waals surface area contributed by atoms with Crippen LogP contribution in [0.15, 0.2) is 0 Å². The van der Waals surface area contributed by atoms with Gasteiger partial charge in [0.25, 0.3) is 0 Å². The lowest BCUT2D eigenvalue weighted by Gasteiger charge is -2.42. The van der Waals surface area contributed by atoms with Gasteiger partial charge >= 0.3 is 0 Å². The number of likely N-dealkylation sites (N-methyl/N-ethyl adjacent to an activating group) is 1. The molecule has 2 atom stereocenters. The Morgan fingerprint density at radius 3 is 2.00 bits per heavy atom. The third kappa shape index (κ3) is 1.89. The summed E-state index contributed by atoms with van der Waals surface area (Å²) in [6.45, 7) is 8.17. The Morgan fingerprint density at radius 1 is 1.13 bits per heavy atom. The van der Waals surface area contributed by atoms with Crippen molar-refractivity contribution < 1.29 is 4.79 Å². The van der Waals surface area contributed by atoms with Crippen molar-refractivity contribution in [3.63, 3.8) is 0 Å². The van der Waals surface area contributed by atoms with E-state index in [1.54, 1.807) is 0 Å². The maximum atomic E-state index is 12.3. The molecule has 86 valence electrons. The van der Waals surface area contributed by atoms with Gasteiger partial charge in [-0.05, 0) is 19.9 Å². The van der Waals surface area contributed by atoms with E-state index >= 15 is 0 Å². The fourth-order valence-electron chi connectivity index (χ4n) is 2.83. The van der Waals surface area contributed by atoms with Gasteiger partial charge < -0.3 is 9.80 Å². The maximum Gasteiger partial charge on any atom is 0.228 e. The minimum Gasteiger partial charge on any atom is -0.334 e. The van der Waals surface area contributed by atoms with E-state index in [4.69, 9.17) is 0 Å². The van der Waals surface area contributed by atoms with Gasteiger partial charge in [-0.25, -0.2) is 0 Å². The highest BCUT2D eigenvalue weighted by Crippen LogP contribution is 2.33. The standard InChI is InChI=1S/C12H22N2O/c1-12(2,3)11(15)14-9-5-6-10(14)8-13(4)7-9/h9-10H,5-8H2,1-4H3. The van der Waals surface area contributed by atoms with Crippen LogP contribution in [-0.2, 0) is 4.79 Å². The van der Waals surface area contributed by atoms with E-state index in [-0.39, 0.29) is 5.41 Å². The summed E-state index contributed by atoms with van der Waals surface area (Å²) in [4.78, 5) is 16.8. The zero-order valence-electron chi connectivity index (χ0n) is 10.3. The van der Waals surface area contributed by atoms with Gasteiger partial charge in [0.2, 0.25) is 5.91 Å². The Bertz CT molecular complexity index is 255. The zero-order chi connectivity index (χ0) is 11.2. The monoisotopic (exact) mass is 210 g/mol. The maximum absolute atomic E-state index is 12.3. The first-order valence-electron chi connectivity index (χ1n) is 5.91. The highest BCUT2D eigenvalue weighted by atomic mass is 16.2.